The molecule has 0 bridgehead atoms. The van der Waals surface area contributed by atoms with E-state index in [-0.39, 0.29) is 12.3 Å². The Kier molecular flexibility index (Phi) is 3.48. The van der Waals surface area contributed by atoms with E-state index in [2.05, 4.69) is 9.72 Å². The van der Waals surface area contributed by atoms with Gasteiger partial charge in [-0.1, -0.05) is 0 Å². The second kappa shape index (κ2) is 4.38. The van der Waals surface area contributed by atoms with Crippen LogP contribution in [0, 0.1) is 0 Å². The number of alkyl halides is 7. The maximum atomic E-state index is 12.3. The molecule has 0 fully saturated rings. The number of pyridine rings is 1. The summed E-state index contributed by atoms with van der Waals surface area (Å²) in [6.07, 6.45) is -9.89. The molecule has 0 amide bonds. The summed E-state index contributed by atoms with van der Waals surface area (Å²) < 4.78 is 87.4. The van der Waals surface area contributed by atoms with Crippen LogP contribution < -0.4 is 4.74 Å². The molecule has 2 nitrogen and oxygen atoms in total. The average molecular weight is 263 g/mol. The minimum atomic E-state index is -5.10. The highest BCUT2D eigenvalue weighted by molar-refractivity contribution is 5.31. The van der Waals surface area contributed by atoms with Crippen LogP contribution in [0.25, 0.3) is 0 Å². The summed E-state index contributed by atoms with van der Waals surface area (Å²) in [7, 11) is 0. The molecule has 0 saturated heterocycles. The Morgan fingerprint density at radius 3 is 2.12 bits per heavy atom. The molecule has 0 spiro atoms. The molecule has 9 heteroatoms. The summed E-state index contributed by atoms with van der Waals surface area (Å²) in [4.78, 5) is 2.81. The summed E-state index contributed by atoms with van der Waals surface area (Å²) in [5.41, 5.74) is -2.40. The van der Waals surface area contributed by atoms with Gasteiger partial charge in [0.15, 0.2) is 0 Å². The Balaban J connectivity index is 3.09. The van der Waals surface area contributed by atoms with Crippen molar-refractivity contribution >= 4 is 0 Å². The first-order valence-corrected chi connectivity index (χ1v) is 4.01. The van der Waals surface area contributed by atoms with Crippen LogP contribution in [0.3, 0.4) is 0 Å². The van der Waals surface area contributed by atoms with Gasteiger partial charge in [-0.3, -0.25) is 0 Å². The van der Waals surface area contributed by atoms with Crippen LogP contribution in [0.1, 0.15) is 11.1 Å². The Morgan fingerprint density at radius 1 is 1.12 bits per heavy atom. The van der Waals surface area contributed by atoms with Crippen LogP contribution in [0.15, 0.2) is 12.3 Å². The Morgan fingerprint density at radius 2 is 1.71 bits per heavy atom. The van der Waals surface area contributed by atoms with E-state index in [9.17, 15) is 30.7 Å². The van der Waals surface area contributed by atoms with Crippen LogP contribution in [-0.2, 0) is 12.9 Å². The fourth-order valence-corrected chi connectivity index (χ4v) is 1.02. The lowest BCUT2D eigenvalue weighted by atomic mass is 10.1. The molecular formula is C8H4F7NO. The topological polar surface area (TPSA) is 22.1 Å². The molecule has 1 heterocycles. The van der Waals surface area contributed by atoms with E-state index in [0.717, 1.165) is 0 Å². The van der Waals surface area contributed by atoms with Gasteiger partial charge >= 0.3 is 12.5 Å². The molecule has 0 saturated carbocycles. The van der Waals surface area contributed by atoms with Gasteiger partial charge in [-0.05, 0) is 0 Å². The first kappa shape index (κ1) is 13.5. The van der Waals surface area contributed by atoms with Crippen LogP contribution in [-0.4, -0.2) is 11.3 Å². The van der Waals surface area contributed by atoms with Crippen LogP contribution in [0.5, 0.6) is 5.88 Å². The third-order valence-corrected chi connectivity index (χ3v) is 1.63. The van der Waals surface area contributed by atoms with Crippen LogP contribution in [0.2, 0.25) is 0 Å². The predicted molar refractivity (Wildman–Crippen MR) is 40.7 cm³/mol. The van der Waals surface area contributed by atoms with Crippen LogP contribution in [0.4, 0.5) is 30.7 Å². The quantitative estimate of drug-likeness (QED) is 0.762. The van der Waals surface area contributed by atoms with E-state index in [1.165, 1.54) is 0 Å². The molecule has 0 atom stereocenters. The summed E-state index contributed by atoms with van der Waals surface area (Å²) >= 11 is 0. The zero-order valence-corrected chi connectivity index (χ0v) is 7.86. The minimum absolute atomic E-state index is 0.0932. The normalized spacial score (nSPS) is 12.6. The standard InChI is InChI=1S/C8H4F7NO/c9-2-4-1-6(17-8(13,14)15)16-3-5(4)7(10,11)12/h1,3H,2H2. The first-order chi connectivity index (χ1) is 7.63. The van der Waals surface area contributed by atoms with Crippen molar-refractivity contribution in [3.05, 3.63) is 23.4 Å². The largest absolute Gasteiger partial charge is 0.574 e. The van der Waals surface area contributed by atoms with Crippen molar-refractivity contribution in [2.75, 3.05) is 0 Å². The fraction of sp³-hybridized carbons (Fsp3) is 0.375. The molecule has 1 aromatic rings. The van der Waals surface area contributed by atoms with E-state index in [0.29, 0.717) is 0 Å². The van der Waals surface area contributed by atoms with Gasteiger partial charge in [0.1, 0.15) is 6.67 Å². The lowest BCUT2D eigenvalue weighted by molar-refractivity contribution is -0.276. The Hall–Kier alpha value is -1.54. The highest BCUT2D eigenvalue weighted by atomic mass is 19.4. The molecule has 1 aromatic heterocycles. The predicted octanol–water partition coefficient (Wildman–Crippen LogP) is 3.47. The van der Waals surface area contributed by atoms with Gasteiger partial charge < -0.3 is 4.74 Å². The maximum Gasteiger partial charge on any atom is 0.574 e. The molecule has 0 unspecified atom stereocenters. The molecular weight excluding hydrogens is 259 g/mol. The van der Waals surface area contributed by atoms with Gasteiger partial charge in [-0.25, -0.2) is 9.37 Å². The zero-order valence-electron chi connectivity index (χ0n) is 7.86. The number of hydrogen-bond donors (Lipinski definition) is 0. The van der Waals surface area contributed by atoms with Gasteiger partial charge in [0, 0.05) is 17.8 Å². The van der Waals surface area contributed by atoms with Crippen molar-refractivity contribution in [2.24, 2.45) is 0 Å². The lowest BCUT2D eigenvalue weighted by Crippen LogP contribution is -2.19. The van der Waals surface area contributed by atoms with Gasteiger partial charge in [0.25, 0.3) is 0 Å². The van der Waals surface area contributed by atoms with Crippen LogP contribution >= 0.6 is 0 Å². The van der Waals surface area contributed by atoms with E-state index >= 15 is 0 Å². The number of aromatic nitrogens is 1. The van der Waals surface area contributed by atoms with Crippen molar-refractivity contribution < 1.29 is 35.5 Å². The third kappa shape index (κ3) is 3.75. The number of ether oxygens (including phenoxy) is 1. The van der Waals surface area contributed by atoms with E-state index in [1.54, 1.807) is 0 Å². The van der Waals surface area contributed by atoms with Crippen molar-refractivity contribution in [1.29, 1.82) is 0 Å². The smallest absolute Gasteiger partial charge is 0.388 e. The maximum absolute atomic E-state index is 12.3. The number of rotatable bonds is 2. The average Bonchev–Trinajstić information content (AvgIpc) is 2.13. The zero-order chi connectivity index (χ0) is 13.3. The summed E-state index contributed by atoms with van der Waals surface area (Å²) in [5, 5.41) is 0. The van der Waals surface area contributed by atoms with Crippen molar-refractivity contribution in [3.8, 4) is 5.88 Å². The second-order valence-corrected chi connectivity index (χ2v) is 2.86. The highest BCUT2D eigenvalue weighted by Crippen LogP contribution is 2.34. The highest BCUT2D eigenvalue weighted by Gasteiger charge is 2.36. The third-order valence-electron chi connectivity index (χ3n) is 1.63. The molecule has 1 rings (SSSR count). The molecule has 0 aromatic carbocycles. The van der Waals surface area contributed by atoms with Crippen molar-refractivity contribution in [1.82, 2.24) is 4.98 Å². The van der Waals surface area contributed by atoms with E-state index in [4.69, 9.17) is 0 Å². The number of hydrogen-bond acceptors (Lipinski definition) is 2. The minimum Gasteiger partial charge on any atom is -0.388 e. The molecule has 0 aliphatic heterocycles. The lowest BCUT2D eigenvalue weighted by Gasteiger charge is -2.12. The number of nitrogens with zero attached hydrogens (tertiary/aromatic N) is 1. The molecule has 96 valence electrons. The first-order valence-electron chi connectivity index (χ1n) is 4.01. The van der Waals surface area contributed by atoms with Crippen molar-refractivity contribution in [3.63, 3.8) is 0 Å². The fourth-order valence-electron chi connectivity index (χ4n) is 1.02. The van der Waals surface area contributed by atoms with Gasteiger partial charge in [-0.15, -0.1) is 13.2 Å². The van der Waals surface area contributed by atoms with Gasteiger partial charge in [0.2, 0.25) is 5.88 Å². The second-order valence-electron chi connectivity index (χ2n) is 2.86. The summed E-state index contributed by atoms with van der Waals surface area (Å²) in [5.74, 6) is -1.14. The van der Waals surface area contributed by atoms with Gasteiger partial charge in [-0.2, -0.15) is 13.2 Å². The molecule has 0 aliphatic rings. The van der Waals surface area contributed by atoms with Gasteiger partial charge in [0.05, 0.1) is 5.56 Å². The SMILES string of the molecule is FCc1cc(OC(F)(F)F)ncc1C(F)(F)F. The molecule has 0 aliphatic carbocycles. The Bertz CT molecular complexity index is 398. The molecule has 0 radical (unpaired) electrons. The van der Waals surface area contributed by atoms with E-state index in [1.807, 2.05) is 0 Å². The van der Waals surface area contributed by atoms with E-state index < -0.39 is 36.2 Å². The summed E-state index contributed by atoms with van der Waals surface area (Å²) in [6.45, 7) is -1.58. The molecule has 17 heavy (non-hydrogen) atoms. The number of halogens is 7. The Labute approximate surface area is 90.0 Å². The van der Waals surface area contributed by atoms with Crippen molar-refractivity contribution in [2.45, 2.75) is 19.2 Å². The summed E-state index contributed by atoms with van der Waals surface area (Å²) in [6, 6.07) is 0.260. The molecule has 0 N–H and O–H groups in total. The monoisotopic (exact) mass is 263 g/mol.